The predicted octanol–water partition coefficient (Wildman–Crippen LogP) is 11.7. The van der Waals surface area contributed by atoms with Crippen LogP contribution in [0.2, 0.25) is 0 Å². The Morgan fingerprint density at radius 3 is 1.34 bits per heavy atom. The van der Waals surface area contributed by atoms with E-state index < -0.39 is 0 Å². The van der Waals surface area contributed by atoms with E-state index in [0.29, 0.717) is 5.75 Å². The molecule has 44 heavy (non-hydrogen) atoms. The van der Waals surface area contributed by atoms with Gasteiger partial charge in [0.05, 0.1) is 0 Å². The molecule has 0 fully saturated rings. The van der Waals surface area contributed by atoms with Crippen LogP contribution in [0.5, 0.6) is 5.75 Å². The number of hydrogen-bond acceptors (Lipinski definition) is 1. The monoisotopic (exact) mass is 667 g/mol. The summed E-state index contributed by atoms with van der Waals surface area (Å²) in [7, 11) is 2.97. The zero-order valence-electron chi connectivity index (χ0n) is 25.0. The van der Waals surface area contributed by atoms with E-state index in [-0.39, 0.29) is 24.8 Å². The first kappa shape index (κ1) is 38.8. The Balaban J connectivity index is 0.000000432. The molecular weight excluding hydrogens is 631 g/mol. The average Bonchev–Trinajstić information content (AvgIpc) is 3.46. The Bertz CT molecular complexity index is 1730. The van der Waals surface area contributed by atoms with Crippen molar-refractivity contribution < 1.29 is 24.3 Å². The van der Waals surface area contributed by atoms with E-state index in [1.165, 1.54) is 43.8 Å². The van der Waals surface area contributed by atoms with Gasteiger partial charge in [0.1, 0.15) is 5.75 Å². The van der Waals surface area contributed by atoms with Crippen molar-refractivity contribution in [3.63, 3.8) is 0 Å². The maximum absolute atomic E-state index is 9.13. The Labute approximate surface area is 288 Å². The fourth-order valence-corrected chi connectivity index (χ4v) is 4.80. The summed E-state index contributed by atoms with van der Waals surface area (Å²) in [6.07, 6.45) is 0. The van der Waals surface area contributed by atoms with E-state index in [2.05, 4.69) is 125 Å². The molecule has 0 aliphatic heterocycles. The van der Waals surface area contributed by atoms with Gasteiger partial charge >= 0.3 is 26.8 Å². The fourth-order valence-electron chi connectivity index (χ4n) is 4.80. The minimum atomic E-state index is 0. The minimum Gasteiger partial charge on any atom is -0.126 e. The summed E-state index contributed by atoms with van der Waals surface area (Å²) in [6.45, 7) is 10.0. The van der Waals surface area contributed by atoms with E-state index in [4.69, 9.17) is 5.11 Å². The topological polar surface area (TPSA) is 20.2 Å². The third-order valence-corrected chi connectivity index (χ3v) is 6.66. The molecule has 0 amide bonds. The van der Waals surface area contributed by atoms with Crippen LogP contribution in [-0.2, 0) is 19.2 Å². The van der Waals surface area contributed by atoms with Gasteiger partial charge < -0.3 is 19.0 Å². The molecule has 224 valence electrons. The zero-order valence-corrected chi connectivity index (χ0v) is 29.2. The first-order chi connectivity index (χ1) is 20.7. The second-order valence-corrected chi connectivity index (χ2v) is 9.01. The Kier molecular flexibility index (Phi) is 18.2. The molecule has 7 rings (SSSR count). The van der Waals surface area contributed by atoms with E-state index in [0.717, 1.165) is 10.8 Å². The Hall–Kier alpha value is -3.24. The summed E-state index contributed by atoms with van der Waals surface area (Å²) in [5.41, 5.74) is 5.06. The van der Waals surface area contributed by atoms with Gasteiger partial charge in [-0.2, -0.15) is 13.8 Å². The van der Waals surface area contributed by atoms with Gasteiger partial charge in [-0.3, -0.25) is 0 Å². The maximum Gasteiger partial charge on any atom is -0.0197 e. The normalized spacial score (nSPS) is 9.25. The molecule has 0 aliphatic carbocycles. The van der Waals surface area contributed by atoms with Crippen LogP contribution >= 0.6 is 24.8 Å². The molecule has 1 N–H and O–H groups in total. The van der Waals surface area contributed by atoms with Gasteiger partial charge in [-0.05, 0) is 45.2 Å². The molecule has 0 heterocycles. The number of halogens is 2. The van der Waals surface area contributed by atoms with Crippen molar-refractivity contribution in [2.75, 3.05) is 0 Å². The van der Waals surface area contributed by atoms with E-state index in [1.54, 1.807) is 45.2 Å². The smallest absolute Gasteiger partial charge is 0.0197 e. The molecule has 7 aromatic carbocycles. The van der Waals surface area contributed by atoms with E-state index in [9.17, 15) is 0 Å². The number of phenolic OH excluding ortho intramolecular Hbond substituents is 1. The number of aromatic hydroxyl groups is 1. The Morgan fingerprint density at radius 2 is 0.886 bits per heavy atom. The summed E-state index contributed by atoms with van der Waals surface area (Å²) >= 11 is 1.81. The standard InChI is InChI=1S/C25H17.C10H8O.2C2H5.2ClH.Si.Ti/c1-3-7-18(8-4-1)20-11-13-22-15-23-14-12-21(17-25(23)24(22)16-20)19-9-5-2-6-10-19;11-10-6-5-8-3-1-2-4-9(8)7-10;2*1-2;;;;/h1-17H;1-7,11H;2*1H2,2H3;2*1H;;/q-1;;2*-1;;;;. The van der Waals surface area contributed by atoms with Crippen LogP contribution in [0.25, 0.3) is 54.6 Å². The maximum atomic E-state index is 9.13. The molecule has 0 aliphatic rings. The predicted molar refractivity (Wildman–Crippen MR) is 196 cm³/mol. The van der Waals surface area contributed by atoms with Gasteiger partial charge in [0.2, 0.25) is 0 Å². The van der Waals surface area contributed by atoms with Crippen molar-refractivity contribution >= 4 is 64.8 Å². The molecule has 0 spiro atoms. The van der Waals surface area contributed by atoms with Crippen molar-refractivity contribution in [3.8, 4) is 28.0 Å². The molecule has 1 nitrogen and oxygen atoms in total. The SMILES string of the molecule is Cl.Cl.Oc1ccc2ccccc2c1.[CH2-]C.[CH2-]C.[Si]=[Ti].c1ccc(-c2ccc3[cH-]c4ccc(-c5ccccc5)cc4c3c2)cc1. The molecule has 0 saturated heterocycles. The van der Waals surface area contributed by atoms with Crippen molar-refractivity contribution in [2.24, 2.45) is 0 Å². The largest absolute Gasteiger partial charge is 0.126 e. The van der Waals surface area contributed by atoms with Crippen LogP contribution in [0.1, 0.15) is 13.8 Å². The van der Waals surface area contributed by atoms with Gasteiger partial charge in [-0.15, -0.1) is 64.6 Å². The summed E-state index contributed by atoms with van der Waals surface area (Å²) in [4.78, 5) is 0. The molecule has 0 unspecified atom stereocenters. The number of phenols is 1. The number of fused-ring (bicyclic) bond motifs is 4. The van der Waals surface area contributed by atoms with Crippen LogP contribution in [0, 0.1) is 13.8 Å². The second-order valence-electron chi connectivity index (χ2n) is 9.01. The van der Waals surface area contributed by atoms with Gasteiger partial charge in [0, 0.05) is 0 Å². The van der Waals surface area contributed by atoms with Crippen LogP contribution in [0.4, 0.5) is 0 Å². The van der Waals surface area contributed by atoms with Gasteiger partial charge in [-0.1, -0.05) is 115 Å². The van der Waals surface area contributed by atoms with Crippen LogP contribution in [0.3, 0.4) is 0 Å². The molecule has 5 heteroatoms. The van der Waals surface area contributed by atoms with Crippen LogP contribution < -0.4 is 0 Å². The average molecular weight is 669 g/mol. The Morgan fingerprint density at radius 1 is 0.477 bits per heavy atom. The van der Waals surface area contributed by atoms with Crippen molar-refractivity contribution in [1.82, 2.24) is 0 Å². The minimum absolute atomic E-state index is 0. The van der Waals surface area contributed by atoms with Crippen LogP contribution in [0.15, 0.2) is 146 Å². The molecule has 2 radical (unpaired) electrons. The third kappa shape index (κ3) is 9.89. The van der Waals surface area contributed by atoms with Crippen molar-refractivity contribution in [2.45, 2.75) is 13.8 Å². The first-order valence-corrected chi connectivity index (χ1v) is 16.7. The van der Waals surface area contributed by atoms with Crippen molar-refractivity contribution in [1.29, 1.82) is 0 Å². The summed E-state index contributed by atoms with van der Waals surface area (Å²) in [6, 6.07) is 50.3. The number of rotatable bonds is 2. The van der Waals surface area contributed by atoms with Crippen molar-refractivity contribution in [3.05, 3.63) is 159 Å². The summed E-state index contributed by atoms with van der Waals surface area (Å²) in [5, 5.41) is 16.6. The van der Waals surface area contributed by atoms with E-state index >= 15 is 0 Å². The second kappa shape index (κ2) is 20.7. The van der Waals surface area contributed by atoms with Gasteiger partial charge in [0.25, 0.3) is 0 Å². The van der Waals surface area contributed by atoms with Crippen LogP contribution in [-0.4, -0.2) is 12.7 Å². The molecule has 7 aromatic rings. The molecule has 0 atom stereocenters. The number of hydrogen-bond donors (Lipinski definition) is 1. The first-order valence-electron chi connectivity index (χ1n) is 13.8. The molecular formula is C39H37Cl2OSiTi-3. The van der Waals surface area contributed by atoms with Gasteiger partial charge in [-0.25, -0.2) is 0 Å². The van der Waals surface area contributed by atoms with Gasteiger partial charge in [0.15, 0.2) is 0 Å². The summed E-state index contributed by atoms with van der Waals surface area (Å²) in [5.74, 6) is 0.323. The summed E-state index contributed by atoms with van der Waals surface area (Å²) < 4.78 is 0. The fraction of sp³-hybridized carbons (Fsp3) is 0.0513. The quantitative estimate of drug-likeness (QED) is 0.144. The number of benzene rings is 6. The third-order valence-electron chi connectivity index (χ3n) is 6.66. The molecule has 0 aromatic heterocycles. The molecule has 0 saturated carbocycles. The zero-order chi connectivity index (χ0) is 30.3. The molecule has 0 bridgehead atoms. The van der Waals surface area contributed by atoms with E-state index in [1.807, 2.05) is 30.3 Å².